The summed E-state index contributed by atoms with van der Waals surface area (Å²) in [6.07, 6.45) is 0. The van der Waals surface area contributed by atoms with Crippen LogP contribution in [0.1, 0.15) is 21.8 Å². The Kier molecular flexibility index (Phi) is 5.83. The van der Waals surface area contributed by atoms with E-state index in [2.05, 4.69) is 15.5 Å². The van der Waals surface area contributed by atoms with Crippen LogP contribution >= 0.6 is 11.6 Å². The molecule has 138 valence electrons. The first kappa shape index (κ1) is 18.6. The summed E-state index contributed by atoms with van der Waals surface area (Å²) >= 11 is 5.83. The van der Waals surface area contributed by atoms with Crippen molar-refractivity contribution >= 4 is 23.5 Å². The highest BCUT2D eigenvalue weighted by Gasteiger charge is 2.12. The first-order valence-electron chi connectivity index (χ1n) is 8.10. The predicted octanol–water partition coefficient (Wildman–Crippen LogP) is 3.17. The average Bonchev–Trinajstić information content (AvgIpc) is 3.14. The third-order valence-electron chi connectivity index (χ3n) is 3.59. The van der Waals surface area contributed by atoms with Crippen molar-refractivity contribution in [1.29, 1.82) is 0 Å². The zero-order valence-electron chi connectivity index (χ0n) is 14.4. The molecule has 0 unspecified atom stereocenters. The highest BCUT2D eigenvalue weighted by Crippen LogP contribution is 2.20. The first-order valence-corrected chi connectivity index (χ1v) is 8.48. The first-order chi connectivity index (χ1) is 13.0. The van der Waals surface area contributed by atoms with Crippen molar-refractivity contribution < 1.29 is 18.7 Å². The van der Waals surface area contributed by atoms with Crippen molar-refractivity contribution in [3.8, 4) is 11.5 Å². The molecule has 1 aromatic heterocycles. The Balaban J connectivity index is 1.48. The molecule has 0 saturated carbocycles. The zero-order valence-corrected chi connectivity index (χ0v) is 15.2. The van der Waals surface area contributed by atoms with E-state index in [0.29, 0.717) is 22.0 Å². The van der Waals surface area contributed by atoms with Gasteiger partial charge in [-0.1, -0.05) is 29.3 Å². The van der Waals surface area contributed by atoms with E-state index in [1.165, 1.54) is 0 Å². The second kappa shape index (κ2) is 8.46. The van der Waals surface area contributed by atoms with Crippen LogP contribution < -0.4 is 5.32 Å². The molecule has 0 fully saturated rings. The van der Waals surface area contributed by atoms with Crippen LogP contribution in [-0.4, -0.2) is 28.6 Å². The molecule has 0 atom stereocenters. The molecule has 2 aromatic carbocycles. The third-order valence-corrected chi connectivity index (χ3v) is 3.84. The minimum atomic E-state index is -0.609. The van der Waals surface area contributed by atoms with Crippen molar-refractivity contribution in [2.24, 2.45) is 0 Å². The number of carbonyl (C=O) groups is 2. The Labute approximate surface area is 160 Å². The summed E-state index contributed by atoms with van der Waals surface area (Å²) in [6.45, 7) is 1.44. The minimum Gasteiger partial charge on any atom is -0.454 e. The second-order valence-electron chi connectivity index (χ2n) is 5.72. The average molecular weight is 386 g/mol. The minimum absolute atomic E-state index is 0.151. The molecule has 7 nitrogen and oxygen atoms in total. The quantitative estimate of drug-likeness (QED) is 0.655. The Morgan fingerprint density at radius 3 is 2.67 bits per heavy atom. The van der Waals surface area contributed by atoms with Gasteiger partial charge in [-0.3, -0.25) is 9.59 Å². The maximum Gasteiger partial charge on any atom is 0.325 e. The molecule has 0 radical (unpaired) electrons. The van der Waals surface area contributed by atoms with E-state index in [1.807, 2.05) is 13.0 Å². The number of nitrogens with zero attached hydrogens (tertiary/aromatic N) is 2. The molecule has 3 aromatic rings. The Hall–Kier alpha value is -3.19. The van der Waals surface area contributed by atoms with Gasteiger partial charge in [-0.15, -0.1) is 10.2 Å². The molecule has 0 bridgehead atoms. The van der Waals surface area contributed by atoms with Gasteiger partial charge in [0.25, 0.3) is 11.8 Å². The highest BCUT2D eigenvalue weighted by molar-refractivity contribution is 6.30. The molecule has 0 saturated heterocycles. The normalized spacial score (nSPS) is 10.4. The van der Waals surface area contributed by atoms with Crippen molar-refractivity contribution in [2.75, 3.05) is 6.54 Å². The lowest BCUT2D eigenvalue weighted by molar-refractivity contribution is -0.144. The summed E-state index contributed by atoms with van der Waals surface area (Å²) in [6, 6.07) is 14.0. The van der Waals surface area contributed by atoms with Gasteiger partial charge in [-0.25, -0.2) is 0 Å². The largest absolute Gasteiger partial charge is 0.454 e. The van der Waals surface area contributed by atoms with E-state index in [9.17, 15) is 9.59 Å². The fourth-order valence-corrected chi connectivity index (χ4v) is 2.38. The van der Waals surface area contributed by atoms with Crippen molar-refractivity contribution in [3.63, 3.8) is 0 Å². The molecule has 1 N–H and O–H groups in total. The number of benzene rings is 2. The number of amides is 1. The fraction of sp³-hybridized carbons (Fsp3) is 0.158. The number of nitrogens with one attached hydrogen (secondary N) is 1. The molecule has 1 heterocycles. The van der Waals surface area contributed by atoms with Gasteiger partial charge < -0.3 is 14.5 Å². The van der Waals surface area contributed by atoms with E-state index in [0.717, 1.165) is 5.56 Å². The monoisotopic (exact) mass is 385 g/mol. The van der Waals surface area contributed by atoms with Gasteiger partial charge in [0.15, 0.2) is 6.61 Å². The van der Waals surface area contributed by atoms with E-state index in [-0.39, 0.29) is 24.9 Å². The summed E-state index contributed by atoms with van der Waals surface area (Å²) in [4.78, 5) is 23.8. The topological polar surface area (TPSA) is 94.3 Å². The molecule has 0 spiro atoms. The smallest absolute Gasteiger partial charge is 0.325 e. The van der Waals surface area contributed by atoms with Gasteiger partial charge in [0.2, 0.25) is 5.89 Å². The summed E-state index contributed by atoms with van der Waals surface area (Å²) in [7, 11) is 0. The van der Waals surface area contributed by atoms with Crippen LogP contribution in [0.2, 0.25) is 5.02 Å². The van der Waals surface area contributed by atoms with Crippen LogP contribution in [0, 0.1) is 6.92 Å². The van der Waals surface area contributed by atoms with E-state index in [4.69, 9.17) is 20.8 Å². The maximum atomic E-state index is 12.0. The van der Waals surface area contributed by atoms with Crippen LogP contribution in [0.15, 0.2) is 52.9 Å². The van der Waals surface area contributed by atoms with Crippen LogP contribution in [0.5, 0.6) is 0 Å². The molecular weight excluding hydrogens is 370 g/mol. The number of hydrogen-bond donors (Lipinski definition) is 1. The molecule has 0 aliphatic heterocycles. The lowest BCUT2D eigenvalue weighted by Crippen LogP contribution is -2.30. The van der Waals surface area contributed by atoms with Gasteiger partial charge in [0.05, 0.1) is 0 Å². The standard InChI is InChI=1S/C19H16ClN3O4/c1-12-3-2-4-14(9-12)18(25)21-10-17(24)26-11-16-22-23-19(27-16)13-5-7-15(20)8-6-13/h2-9H,10-11H2,1H3,(H,21,25). The van der Waals surface area contributed by atoms with Gasteiger partial charge in [-0.2, -0.15) is 0 Å². The summed E-state index contributed by atoms with van der Waals surface area (Å²) in [5.74, 6) is -0.510. The van der Waals surface area contributed by atoms with Crippen LogP contribution in [-0.2, 0) is 16.1 Å². The number of esters is 1. The highest BCUT2D eigenvalue weighted by atomic mass is 35.5. The van der Waals surface area contributed by atoms with Crippen molar-refractivity contribution in [3.05, 3.63) is 70.6 Å². The summed E-state index contributed by atoms with van der Waals surface area (Å²) in [5, 5.41) is 10.8. The number of aromatic nitrogens is 2. The van der Waals surface area contributed by atoms with Crippen LogP contribution in [0.4, 0.5) is 0 Å². The van der Waals surface area contributed by atoms with E-state index in [1.54, 1.807) is 42.5 Å². The number of aryl methyl sites for hydroxylation is 1. The van der Waals surface area contributed by atoms with Crippen LogP contribution in [0.3, 0.4) is 0 Å². The Morgan fingerprint density at radius 2 is 1.93 bits per heavy atom. The summed E-state index contributed by atoms with van der Waals surface area (Å²) in [5.41, 5.74) is 2.14. The summed E-state index contributed by atoms with van der Waals surface area (Å²) < 4.78 is 10.5. The lowest BCUT2D eigenvalue weighted by Gasteiger charge is -2.05. The molecule has 0 aliphatic rings. The SMILES string of the molecule is Cc1cccc(C(=O)NCC(=O)OCc2nnc(-c3ccc(Cl)cc3)o2)c1. The van der Waals surface area contributed by atoms with Gasteiger partial charge in [-0.05, 0) is 43.3 Å². The Bertz CT molecular complexity index is 954. The molecule has 0 aliphatic carbocycles. The number of hydrogen-bond acceptors (Lipinski definition) is 6. The Morgan fingerprint density at radius 1 is 1.15 bits per heavy atom. The molecule has 8 heteroatoms. The third kappa shape index (κ3) is 5.15. The second-order valence-corrected chi connectivity index (χ2v) is 6.16. The molecule has 27 heavy (non-hydrogen) atoms. The zero-order chi connectivity index (χ0) is 19.2. The van der Waals surface area contributed by atoms with Crippen molar-refractivity contribution in [2.45, 2.75) is 13.5 Å². The maximum absolute atomic E-state index is 12.0. The van der Waals surface area contributed by atoms with E-state index < -0.39 is 5.97 Å². The van der Waals surface area contributed by atoms with Crippen LogP contribution in [0.25, 0.3) is 11.5 Å². The molecule has 3 rings (SSSR count). The molecular formula is C19H16ClN3O4. The van der Waals surface area contributed by atoms with Gasteiger partial charge in [0, 0.05) is 16.1 Å². The number of ether oxygens (including phenoxy) is 1. The van der Waals surface area contributed by atoms with Gasteiger partial charge in [0.1, 0.15) is 6.54 Å². The lowest BCUT2D eigenvalue weighted by atomic mass is 10.1. The van der Waals surface area contributed by atoms with E-state index >= 15 is 0 Å². The number of halogens is 1. The fourth-order valence-electron chi connectivity index (χ4n) is 2.26. The number of rotatable bonds is 6. The van der Waals surface area contributed by atoms with Gasteiger partial charge >= 0.3 is 5.97 Å². The van der Waals surface area contributed by atoms with Crippen molar-refractivity contribution in [1.82, 2.24) is 15.5 Å². The predicted molar refractivity (Wildman–Crippen MR) is 98.1 cm³/mol. The molecule has 1 amide bonds. The number of carbonyl (C=O) groups excluding carboxylic acids is 2.